The molecular weight excluding hydrogens is 857 g/mol. The van der Waals surface area contributed by atoms with Crippen LogP contribution in [0.25, 0.3) is 6.08 Å². The Balaban J connectivity index is 1.28. The van der Waals surface area contributed by atoms with Gasteiger partial charge in [0.15, 0.2) is 11.5 Å². The second kappa shape index (κ2) is 21.1. The Morgan fingerprint density at radius 3 is 2.16 bits per heavy atom. The number of carbonyl (C=O) groups excluding carboxylic acids is 5. The van der Waals surface area contributed by atoms with Crippen LogP contribution in [0.15, 0.2) is 108 Å². The highest BCUT2D eigenvalue weighted by Crippen LogP contribution is 2.42. The molecule has 6 rings (SSSR count). The Bertz CT molecular complexity index is 2540. The summed E-state index contributed by atoms with van der Waals surface area (Å²) >= 11 is 2.47. The molecule has 1 atom stereocenters. The van der Waals surface area contributed by atoms with Gasteiger partial charge in [0.25, 0.3) is 11.8 Å². The molecule has 0 radical (unpaired) electrons. The summed E-state index contributed by atoms with van der Waals surface area (Å²) in [7, 11) is 4.45. The summed E-state index contributed by atoms with van der Waals surface area (Å²) in [5.41, 5.74) is 2.06. The predicted octanol–water partition coefficient (Wildman–Crippen LogP) is 9.13. The average molecular weight is 907 g/mol. The minimum Gasteiger partial charge on any atom is -0.496 e. The molecule has 0 saturated heterocycles. The second-order valence-corrected chi connectivity index (χ2v) is 17.6. The first-order valence-electron chi connectivity index (χ1n) is 20.3. The van der Waals surface area contributed by atoms with Crippen LogP contribution in [0.1, 0.15) is 75.2 Å². The minimum absolute atomic E-state index is 0.0933. The lowest BCUT2D eigenvalue weighted by Crippen LogP contribution is -2.39. The third-order valence-electron chi connectivity index (χ3n) is 9.68. The van der Waals surface area contributed by atoms with Crippen molar-refractivity contribution in [2.75, 3.05) is 45.1 Å². The number of nitrogens with one attached hydrogen (secondary N) is 3. The summed E-state index contributed by atoms with van der Waals surface area (Å²) in [5, 5.41) is 8.17. The van der Waals surface area contributed by atoms with Crippen LogP contribution >= 0.6 is 23.1 Å². The fourth-order valence-electron chi connectivity index (χ4n) is 6.72. The monoisotopic (exact) mass is 906 g/mol. The normalized spacial score (nSPS) is 12.9. The first kappa shape index (κ1) is 46.7. The summed E-state index contributed by atoms with van der Waals surface area (Å²) in [5.74, 6) is -0.970. The Kier molecular flexibility index (Phi) is 15.4. The first-order valence-corrected chi connectivity index (χ1v) is 22.0. The number of amides is 4. The van der Waals surface area contributed by atoms with Crippen LogP contribution < -0.4 is 30.2 Å². The van der Waals surface area contributed by atoms with E-state index in [1.165, 1.54) is 50.5 Å². The van der Waals surface area contributed by atoms with Crippen LogP contribution in [0.3, 0.4) is 0 Å². The fourth-order valence-corrected chi connectivity index (χ4v) is 9.05. The number of fused-ring (bicyclic) bond motifs is 1. The number of benzene rings is 4. The van der Waals surface area contributed by atoms with Gasteiger partial charge in [-0.1, -0.05) is 54.6 Å². The van der Waals surface area contributed by atoms with Crippen molar-refractivity contribution in [1.29, 1.82) is 0 Å². The second-order valence-electron chi connectivity index (χ2n) is 15.3. The van der Waals surface area contributed by atoms with Gasteiger partial charge in [0.05, 0.1) is 40.0 Å². The zero-order valence-electron chi connectivity index (χ0n) is 36.6. The molecule has 0 bridgehead atoms. The van der Waals surface area contributed by atoms with E-state index < -0.39 is 40.6 Å². The molecule has 1 aromatic heterocycles. The minimum atomic E-state index is -0.822. The molecule has 0 fully saturated rings. The molecule has 4 aromatic carbocycles. The molecule has 5 aromatic rings. The maximum Gasteiger partial charge on any atom is 0.410 e. The number of rotatable bonds is 15. The van der Waals surface area contributed by atoms with Crippen molar-refractivity contribution < 1.29 is 47.7 Å². The zero-order chi connectivity index (χ0) is 46.0. The van der Waals surface area contributed by atoms with Crippen LogP contribution in [0, 0.1) is 0 Å². The predicted molar refractivity (Wildman–Crippen MR) is 247 cm³/mol. The van der Waals surface area contributed by atoms with E-state index in [4.69, 9.17) is 23.7 Å². The molecule has 3 N–H and O–H groups in total. The number of anilines is 2. The molecule has 1 unspecified atom stereocenters. The van der Waals surface area contributed by atoms with Crippen molar-refractivity contribution in [1.82, 2.24) is 10.2 Å². The Labute approximate surface area is 380 Å². The van der Waals surface area contributed by atoms with E-state index in [1.807, 2.05) is 36.4 Å². The zero-order valence-corrected chi connectivity index (χ0v) is 38.2. The Hall–Kier alpha value is -6.78. The summed E-state index contributed by atoms with van der Waals surface area (Å²) in [6, 6.07) is 27.9. The van der Waals surface area contributed by atoms with Crippen LogP contribution in [0.4, 0.5) is 15.5 Å². The maximum absolute atomic E-state index is 14.5. The number of methoxy groups -OCH3 is 3. The van der Waals surface area contributed by atoms with Crippen molar-refractivity contribution in [3.05, 3.63) is 135 Å². The number of carbonyl (C=O) groups is 5. The molecule has 4 amide bonds. The average Bonchev–Trinajstić information content (AvgIpc) is 3.64. The van der Waals surface area contributed by atoms with Gasteiger partial charge in [-0.3, -0.25) is 14.4 Å². The van der Waals surface area contributed by atoms with Gasteiger partial charge in [0.2, 0.25) is 5.91 Å². The molecule has 64 heavy (non-hydrogen) atoms. The van der Waals surface area contributed by atoms with E-state index in [0.29, 0.717) is 62.5 Å². The highest BCUT2D eigenvalue weighted by Gasteiger charge is 2.34. The van der Waals surface area contributed by atoms with E-state index in [1.54, 1.807) is 93.3 Å². The smallest absolute Gasteiger partial charge is 0.410 e. The van der Waals surface area contributed by atoms with E-state index in [2.05, 4.69) is 16.0 Å². The van der Waals surface area contributed by atoms with Crippen LogP contribution in [0.5, 0.6) is 17.2 Å². The molecule has 0 saturated carbocycles. The highest BCUT2D eigenvalue weighted by molar-refractivity contribution is 8.00. The van der Waals surface area contributed by atoms with Crippen molar-refractivity contribution in [2.24, 2.45) is 0 Å². The van der Waals surface area contributed by atoms with Gasteiger partial charge in [-0.15, -0.1) is 23.1 Å². The van der Waals surface area contributed by atoms with Crippen molar-refractivity contribution in [3.63, 3.8) is 0 Å². The SMILES string of the molecule is CCOC(=O)c1c(NC(=O)C(Sc2cccc(NC(=O)/C(=C\c3cc(OC)c(OC)cc3OC)NC(=O)c3ccccc3)c2)c2ccccc2)sc2c1CCN(C(=O)OC(C)(C)C)C2. The Morgan fingerprint density at radius 2 is 1.50 bits per heavy atom. The molecule has 16 heteroatoms. The van der Waals surface area contributed by atoms with Gasteiger partial charge in [-0.25, -0.2) is 9.59 Å². The topological polar surface area (TPSA) is 171 Å². The maximum atomic E-state index is 14.5. The number of hydrogen-bond acceptors (Lipinski definition) is 12. The number of thiophene rings is 1. The van der Waals surface area contributed by atoms with Gasteiger partial charge >= 0.3 is 12.1 Å². The lowest BCUT2D eigenvalue weighted by Gasteiger charge is -2.30. The molecule has 14 nitrogen and oxygen atoms in total. The molecular formula is C48H50N4O10S2. The van der Waals surface area contributed by atoms with E-state index >= 15 is 0 Å². The first-order chi connectivity index (χ1) is 30.7. The summed E-state index contributed by atoms with van der Waals surface area (Å²) in [6.07, 6.45) is 1.39. The number of thioether (sulfide) groups is 1. The van der Waals surface area contributed by atoms with Crippen molar-refractivity contribution in [2.45, 2.75) is 56.4 Å². The largest absolute Gasteiger partial charge is 0.496 e. The van der Waals surface area contributed by atoms with Gasteiger partial charge in [-0.2, -0.15) is 0 Å². The van der Waals surface area contributed by atoms with E-state index in [-0.39, 0.29) is 24.4 Å². The van der Waals surface area contributed by atoms with Crippen LogP contribution in [-0.4, -0.2) is 74.8 Å². The van der Waals surface area contributed by atoms with Crippen LogP contribution in [-0.2, 0) is 32.0 Å². The molecule has 1 aliphatic rings. The van der Waals surface area contributed by atoms with Gasteiger partial charge in [0.1, 0.15) is 27.3 Å². The van der Waals surface area contributed by atoms with Crippen LogP contribution in [0.2, 0.25) is 0 Å². The molecule has 1 aliphatic heterocycles. The molecule has 2 heterocycles. The molecule has 0 spiro atoms. The third-order valence-corrected chi connectivity index (χ3v) is 12.1. The molecule has 0 aliphatic carbocycles. The number of ether oxygens (including phenoxy) is 5. The summed E-state index contributed by atoms with van der Waals surface area (Å²) < 4.78 is 27.6. The lowest BCUT2D eigenvalue weighted by atomic mass is 10.0. The molecule has 334 valence electrons. The fraction of sp³-hybridized carbons (Fsp3) is 0.271. The van der Waals surface area contributed by atoms with Gasteiger partial charge in [0, 0.05) is 39.2 Å². The van der Waals surface area contributed by atoms with Crippen molar-refractivity contribution in [3.8, 4) is 17.2 Å². The standard InChI is InChI=1S/C48H50N4O10S2/c1-8-61-46(56)40-34-22-23-52(47(57)62-48(2,3)4)28-39(34)64-45(40)51-44(55)41(29-16-11-9-12-17-29)63-33-21-15-20-32(26-33)49-43(54)35(50-42(53)30-18-13-10-14-19-30)24-31-25-37(59-6)38(60-7)27-36(31)58-5/h9-21,24-27,41H,8,22-23,28H2,1-7H3,(H,49,54)(H,50,53)(H,51,55)/b35-24+. The summed E-state index contributed by atoms with van der Waals surface area (Å²) in [4.78, 5) is 71.4. The number of hydrogen-bond donors (Lipinski definition) is 3. The quantitative estimate of drug-likeness (QED) is 0.0520. The third kappa shape index (κ3) is 11.6. The Morgan fingerprint density at radius 1 is 0.828 bits per heavy atom. The van der Waals surface area contributed by atoms with Gasteiger partial charge < -0.3 is 44.5 Å². The van der Waals surface area contributed by atoms with Crippen molar-refractivity contribution >= 4 is 69.6 Å². The number of esters is 1. The lowest BCUT2D eigenvalue weighted by molar-refractivity contribution is -0.116. The van der Waals surface area contributed by atoms with Gasteiger partial charge in [-0.05, 0) is 87.7 Å². The highest BCUT2D eigenvalue weighted by atomic mass is 32.2. The number of nitrogens with zero attached hydrogens (tertiary/aromatic N) is 1. The van der Waals surface area contributed by atoms with E-state index in [9.17, 15) is 24.0 Å². The van der Waals surface area contributed by atoms with E-state index in [0.717, 1.165) is 10.4 Å². The summed E-state index contributed by atoms with van der Waals surface area (Å²) in [6.45, 7) is 7.79.